The Hall–Kier alpha value is -3.00. The second-order valence-electron chi connectivity index (χ2n) is 8.28. The smallest absolute Gasteiger partial charge is 0.290 e. The molecule has 1 aromatic heterocycles. The number of methoxy groups -OCH3 is 1. The number of nitrogens with zero attached hydrogens (tertiary/aromatic N) is 1. The summed E-state index contributed by atoms with van der Waals surface area (Å²) in [4.78, 5) is 28.3. The molecular weight excluding hydrogens is 481 g/mol. The molecular formula is C25H21Cl2NO6. The van der Waals surface area contributed by atoms with E-state index in [4.69, 9.17) is 37.1 Å². The zero-order valence-electron chi connectivity index (χ0n) is 18.2. The molecule has 2 aliphatic heterocycles. The van der Waals surface area contributed by atoms with Crippen LogP contribution in [0.4, 0.5) is 0 Å². The fourth-order valence-corrected chi connectivity index (χ4v) is 4.90. The van der Waals surface area contributed by atoms with Crippen LogP contribution in [0.5, 0.6) is 5.75 Å². The van der Waals surface area contributed by atoms with E-state index in [1.165, 1.54) is 18.1 Å². The van der Waals surface area contributed by atoms with E-state index in [1.807, 2.05) is 0 Å². The number of carbonyl (C=O) groups is 2. The number of ketones is 1. The summed E-state index contributed by atoms with van der Waals surface area (Å²) in [6, 6.07) is 10.8. The number of ether oxygens (including phenoxy) is 2. The number of halogens is 2. The molecule has 176 valence electrons. The topological polar surface area (TPSA) is 89.2 Å². The van der Waals surface area contributed by atoms with Crippen molar-refractivity contribution in [2.75, 3.05) is 20.3 Å². The summed E-state index contributed by atoms with van der Waals surface area (Å²) in [5.41, 5.74) is 0.924. The van der Waals surface area contributed by atoms with Crippen molar-refractivity contribution < 1.29 is 28.6 Å². The van der Waals surface area contributed by atoms with Crippen LogP contribution in [0.15, 0.2) is 58.2 Å². The number of aliphatic hydroxyl groups excluding tert-OH is 1. The molecule has 34 heavy (non-hydrogen) atoms. The SMILES string of the molecule is COc1cc(Cl)cc2cc(C(=O)C3=C(O)C(=O)N(CC4CCCO4)C3c3ccc(Cl)cc3)oc12. The summed E-state index contributed by atoms with van der Waals surface area (Å²) in [5.74, 6) is -1.50. The van der Waals surface area contributed by atoms with Gasteiger partial charge in [0.25, 0.3) is 5.91 Å². The van der Waals surface area contributed by atoms with Crippen molar-refractivity contribution in [2.45, 2.75) is 25.0 Å². The van der Waals surface area contributed by atoms with Gasteiger partial charge < -0.3 is 23.9 Å². The number of fused-ring (bicyclic) bond motifs is 1. The van der Waals surface area contributed by atoms with Gasteiger partial charge in [-0.15, -0.1) is 0 Å². The molecule has 2 aliphatic rings. The molecule has 1 N–H and O–H groups in total. The van der Waals surface area contributed by atoms with Crippen LogP contribution < -0.4 is 4.74 Å². The molecule has 0 saturated carbocycles. The first-order chi connectivity index (χ1) is 16.4. The van der Waals surface area contributed by atoms with Gasteiger partial charge in [0.05, 0.1) is 24.8 Å². The summed E-state index contributed by atoms with van der Waals surface area (Å²) in [5, 5.41) is 12.4. The van der Waals surface area contributed by atoms with Crippen molar-refractivity contribution in [2.24, 2.45) is 0 Å². The van der Waals surface area contributed by atoms with Crippen molar-refractivity contribution in [3.63, 3.8) is 0 Å². The molecule has 3 aromatic rings. The molecule has 2 atom stereocenters. The van der Waals surface area contributed by atoms with Crippen LogP contribution in [0.3, 0.4) is 0 Å². The lowest BCUT2D eigenvalue weighted by Crippen LogP contribution is -2.37. The predicted octanol–water partition coefficient (Wildman–Crippen LogP) is 5.51. The Balaban J connectivity index is 1.58. The second kappa shape index (κ2) is 8.98. The predicted molar refractivity (Wildman–Crippen MR) is 127 cm³/mol. The molecule has 1 amide bonds. The van der Waals surface area contributed by atoms with E-state index in [0.29, 0.717) is 38.9 Å². The Morgan fingerprint density at radius 1 is 1.18 bits per heavy atom. The highest BCUT2D eigenvalue weighted by Crippen LogP contribution is 2.41. The number of Topliss-reactive ketones (excluding diaryl/α,β-unsaturated/α-hetero) is 1. The molecule has 2 aromatic carbocycles. The largest absolute Gasteiger partial charge is 0.503 e. The van der Waals surface area contributed by atoms with Crippen molar-refractivity contribution in [3.05, 3.63) is 75.2 Å². The molecule has 5 rings (SSSR count). The van der Waals surface area contributed by atoms with E-state index < -0.39 is 23.5 Å². The lowest BCUT2D eigenvalue weighted by molar-refractivity contribution is -0.131. The van der Waals surface area contributed by atoms with E-state index in [-0.39, 0.29) is 24.0 Å². The lowest BCUT2D eigenvalue weighted by Gasteiger charge is -2.28. The summed E-state index contributed by atoms with van der Waals surface area (Å²) in [6.45, 7) is 0.864. The number of aliphatic hydroxyl groups is 1. The number of furan rings is 1. The van der Waals surface area contributed by atoms with Crippen LogP contribution >= 0.6 is 23.2 Å². The summed E-state index contributed by atoms with van der Waals surface area (Å²) >= 11 is 12.2. The van der Waals surface area contributed by atoms with Gasteiger partial charge in [-0.25, -0.2) is 0 Å². The minimum Gasteiger partial charge on any atom is -0.503 e. The van der Waals surface area contributed by atoms with Gasteiger partial charge in [-0.05, 0) is 42.7 Å². The zero-order valence-corrected chi connectivity index (χ0v) is 19.7. The number of carbonyl (C=O) groups excluding carboxylic acids is 2. The molecule has 7 nitrogen and oxygen atoms in total. The molecule has 1 saturated heterocycles. The normalized spacial score (nSPS) is 20.6. The van der Waals surface area contributed by atoms with Crippen LogP contribution in [0.25, 0.3) is 11.0 Å². The van der Waals surface area contributed by atoms with E-state index >= 15 is 0 Å². The number of hydrogen-bond acceptors (Lipinski definition) is 6. The molecule has 0 aliphatic carbocycles. The third-order valence-electron chi connectivity index (χ3n) is 6.15. The first-order valence-electron chi connectivity index (χ1n) is 10.8. The van der Waals surface area contributed by atoms with Crippen molar-refractivity contribution >= 4 is 45.9 Å². The molecule has 0 radical (unpaired) electrons. The Bertz CT molecular complexity index is 1310. The van der Waals surface area contributed by atoms with Crippen LogP contribution in [0, 0.1) is 0 Å². The quantitative estimate of drug-likeness (QED) is 0.448. The maximum atomic E-state index is 13.7. The van der Waals surface area contributed by atoms with Crippen molar-refractivity contribution in [1.82, 2.24) is 4.90 Å². The van der Waals surface area contributed by atoms with Crippen molar-refractivity contribution in [3.8, 4) is 5.75 Å². The molecule has 0 bridgehead atoms. The summed E-state index contributed by atoms with van der Waals surface area (Å²) < 4.78 is 16.9. The average Bonchev–Trinajstić information content (AvgIpc) is 3.54. The van der Waals surface area contributed by atoms with E-state index in [1.54, 1.807) is 36.4 Å². The summed E-state index contributed by atoms with van der Waals surface area (Å²) in [7, 11) is 1.47. The van der Waals surface area contributed by atoms with Crippen LogP contribution in [-0.4, -0.2) is 48.1 Å². The Morgan fingerprint density at radius 2 is 1.94 bits per heavy atom. The third kappa shape index (κ3) is 3.94. The first-order valence-corrected chi connectivity index (χ1v) is 11.6. The second-order valence-corrected chi connectivity index (χ2v) is 9.15. The van der Waals surface area contributed by atoms with Gasteiger partial charge in [-0.1, -0.05) is 35.3 Å². The molecule has 9 heteroatoms. The van der Waals surface area contributed by atoms with Crippen LogP contribution in [0.1, 0.15) is 35.0 Å². The Morgan fingerprint density at radius 3 is 2.62 bits per heavy atom. The first kappa shape index (κ1) is 22.8. The van der Waals surface area contributed by atoms with Gasteiger partial charge >= 0.3 is 0 Å². The van der Waals surface area contributed by atoms with E-state index in [2.05, 4.69) is 0 Å². The zero-order chi connectivity index (χ0) is 24.0. The van der Waals surface area contributed by atoms with Crippen LogP contribution in [0.2, 0.25) is 10.0 Å². The van der Waals surface area contributed by atoms with Crippen molar-refractivity contribution in [1.29, 1.82) is 0 Å². The molecule has 2 unspecified atom stereocenters. The van der Waals surface area contributed by atoms with Gasteiger partial charge in [0.2, 0.25) is 5.78 Å². The van der Waals surface area contributed by atoms with Gasteiger partial charge in [-0.3, -0.25) is 9.59 Å². The average molecular weight is 502 g/mol. The highest BCUT2D eigenvalue weighted by atomic mass is 35.5. The fraction of sp³-hybridized carbons (Fsp3) is 0.280. The molecule has 0 spiro atoms. The molecule has 1 fully saturated rings. The maximum absolute atomic E-state index is 13.7. The van der Waals surface area contributed by atoms with Gasteiger partial charge in [0, 0.05) is 34.6 Å². The number of amides is 1. The Kier molecular flexibility index (Phi) is 6.02. The fourth-order valence-electron chi connectivity index (χ4n) is 4.56. The Labute approximate surface area is 205 Å². The monoisotopic (exact) mass is 501 g/mol. The lowest BCUT2D eigenvalue weighted by atomic mass is 9.95. The standard InChI is InChI=1S/C25H21Cl2NO6/c1-32-19-11-16(27)9-14-10-18(34-24(14)19)22(29)20-21(13-4-6-15(26)7-5-13)28(25(31)23(20)30)12-17-3-2-8-33-17/h4-7,9-11,17,21,30H,2-3,8,12H2,1H3. The highest BCUT2D eigenvalue weighted by Gasteiger charge is 2.45. The summed E-state index contributed by atoms with van der Waals surface area (Å²) in [6.07, 6.45) is 1.52. The van der Waals surface area contributed by atoms with Gasteiger partial charge in [0.15, 0.2) is 22.9 Å². The molecule has 3 heterocycles. The number of benzene rings is 2. The van der Waals surface area contributed by atoms with Gasteiger partial charge in [-0.2, -0.15) is 0 Å². The number of hydrogen-bond donors (Lipinski definition) is 1. The minimum absolute atomic E-state index is 0.0390. The number of rotatable bonds is 6. The maximum Gasteiger partial charge on any atom is 0.290 e. The van der Waals surface area contributed by atoms with E-state index in [0.717, 1.165) is 12.8 Å². The highest BCUT2D eigenvalue weighted by molar-refractivity contribution is 6.31. The van der Waals surface area contributed by atoms with E-state index in [9.17, 15) is 14.7 Å². The third-order valence-corrected chi connectivity index (χ3v) is 6.62. The van der Waals surface area contributed by atoms with Gasteiger partial charge in [0.1, 0.15) is 0 Å². The van der Waals surface area contributed by atoms with Crippen LogP contribution in [-0.2, 0) is 9.53 Å². The minimum atomic E-state index is -0.819.